The molecule has 0 aliphatic carbocycles. The lowest BCUT2D eigenvalue weighted by Gasteiger charge is -2.28. The predicted molar refractivity (Wildman–Crippen MR) is 107 cm³/mol. The standard InChI is InChI=1S/C19H20N4O7/c1-29-19(26)13-10-16(23(27)28)18(25)22(11-13)12-17(24)20-14-2-4-15(5-3-14)21-6-8-30-9-7-21/h2-5,10-11H,6-9,12H2,1H3,(H,20,24). The van der Waals surface area contributed by atoms with E-state index >= 15 is 0 Å². The van der Waals surface area contributed by atoms with Gasteiger partial charge < -0.3 is 19.7 Å². The Labute approximate surface area is 171 Å². The van der Waals surface area contributed by atoms with Crippen molar-refractivity contribution in [3.05, 3.63) is 62.6 Å². The molecule has 11 heteroatoms. The summed E-state index contributed by atoms with van der Waals surface area (Å²) in [6.07, 6.45) is 1.06. The Morgan fingerprint density at radius 2 is 1.90 bits per heavy atom. The number of amides is 1. The van der Waals surface area contributed by atoms with Crippen LogP contribution in [0.15, 0.2) is 41.3 Å². The topological polar surface area (TPSA) is 133 Å². The molecule has 1 N–H and O–H groups in total. The van der Waals surface area contributed by atoms with Gasteiger partial charge in [0.2, 0.25) is 5.91 Å². The van der Waals surface area contributed by atoms with Gasteiger partial charge in [-0.3, -0.25) is 24.3 Å². The lowest BCUT2D eigenvalue weighted by Crippen LogP contribution is -2.36. The molecule has 0 spiro atoms. The average Bonchev–Trinajstić information content (AvgIpc) is 2.75. The molecule has 0 atom stereocenters. The summed E-state index contributed by atoms with van der Waals surface area (Å²) in [5, 5.41) is 13.7. The van der Waals surface area contributed by atoms with Crippen molar-refractivity contribution in [2.45, 2.75) is 6.54 Å². The number of carbonyl (C=O) groups is 2. The summed E-state index contributed by atoms with van der Waals surface area (Å²) in [6.45, 7) is 2.37. The quantitative estimate of drug-likeness (QED) is 0.419. The highest BCUT2D eigenvalue weighted by Crippen LogP contribution is 2.19. The Balaban J connectivity index is 1.74. The highest BCUT2D eigenvalue weighted by atomic mass is 16.6. The lowest BCUT2D eigenvalue weighted by atomic mass is 10.2. The number of nitro groups is 1. The van der Waals surface area contributed by atoms with E-state index in [9.17, 15) is 24.5 Å². The van der Waals surface area contributed by atoms with Crippen molar-refractivity contribution >= 4 is 28.9 Å². The molecular weight excluding hydrogens is 396 g/mol. The summed E-state index contributed by atoms with van der Waals surface area (Å²) in [4.78, 5) is 48.7. The van der Waals surface area contributed by atoms with E-state index in [1.807, 2.05) is 12.1 Å². The van der Waals surface area contributed by atoms with E-state index in [0.29, 0.717) is 18.9 Å². The first-order valence-electron chi connectivity index (χ1n) is 9.09. The first-order valence-corrected chi connectivity index (χ1v) is 9.09. The van der Waals surface area contributed by atoms with Crippen LogP contribution in [-0.4, -0.2) is 54.8 Å². The molecule has 2 aromatic rings. The molecule has 158 valence electrons. The van der Waals surface area contributed by atoms with Crippen LogP contribution in [-0.2, 0) is 20.8 Å². The fourth-order valence-corrected chi connectivity index (χ4v) is 3.03. The second kappa shape index (κ2) is 9.18. The maximum Gasteiger partial charge on any atom is 0.339 e. The largest absolute Gasteiger partial charge is 0.465 e. The average molecular weight is 416 g/mol. The van der Waals surface area contributed by atoms with Gasteiger partial charge in [-0.15, -0.1) is 0 Å². The zero-order chi connectivity index (χ0) is 21.7. The number of aromatic nitrogens is 1. The monoisotopic (exact) mass is 416 g/mol. The molecule has 1 aliphatic heterocycles. The van der Waals surface area contributed by atoms with Crippen LogP contribution < -0.4 is 15.8 Å². The van der Waals surface area contributed by atoms with E-state index < -0.39 is 34.6 Å². The van der Waals surface area contributed by atoms with Crippen molar-refractivity contribution in [1.29, 1.82) is 0 Å². The molecule has 1 amide bonds. The molecule has 0 radical (unpaired) electrons. The molecule has 3 rings (SSSR count). The summed E-state index contributed by atoms with van der Waals surface area (Å²) < 4.78 is 10.7. The maximum atomic E-state index is 12.4. The number of ether oxygens (including phenoxy) is 2. The number of carbonyl (C=O) groups excluding carboxylic acids is 2. The molecule has 1 aromatic carbocycles. The number of hydrogen-bond donors (Lipinski definition) is 1. The molecule has 0 unspecified atom stereocenters. The fraction of sp³-hybridized carbons (Fsp3) is 0.316. The van der Waals surface area contributed by atoms with Crippen molar-refractivity contribution in [3.8, 4) is 0 Å². The van der Waals surface area contributed by atoms with Gasteiger partial charge in [-0.05, 0) is 24.3 Å². The van der Waals surface area contributed by atoms with Gasteiger partial charge >= 0.3 is 17.2 Å². The maximum absolute atomic E-state index is 12.4. The molecule has 1 aromatic heterocycles. The van der Waals surface area contributed by atoms with Crippen LogP contribution in [0.2, 0.25) is 0 Å². The number of benzene rings is 1. The van der Waals surface area contributed by atoms with Crippen molar-refractivity contribution in [2.75, 3.05) is 43.6 Å². The first-order chi connectivity index (χ1) is 14.4. The van der Waals surface area contributed by atoms with Crippen LogP contribution in [0.1, 0.15) is 10.4 Å². The van der Waals surface area contributed by atoms with Gasteiger partial charge in [0.05, 0.1) is 30.8 Å². The third-order valence-corrected chi connectivity index (χ3v) is 4.53. The third-order valence-electron chi connectivity index (χ3n) is 4.53. The van der Waals surface area contributed by atoms with Crippen LogP contribution in [0.3, 0.4) is 0 Å². The number of rotatable bonds is 6. The van der Waals surface area contributed by atoms with Gasteiger partial charge in [0.25, 0.3) is 0 Å². The fourth-order valence-electron chi connectivity index (χ4n) is 3.03. The number of methoxy groups -OCH3 is 1. The van der Waals surface area contributed by atoms with Crippen LogP contribution in [0, 0.1) is 10.1 Å². The minimum Gasteiger partial charge on any atom is -0.465 e. The number of morpholine rings is 1. The van der Waals surface area contributed by atoms with E-state index in [1.165, 1.54) is 0 Å². The summed E-state index contributed by atoms with van der Waals surface area (Å²) in [5.41, 5.74) is -0.518. The number of anilines is 2. The molecule has 1 aliphatic rings. The Kier molecular flexibility index (Phi) is 6.42. The van der Waals surface area contributed by atoms with E-state index in [2.05, 4.69) is 15.0 Å². The van der Waals surface area contributed by atoms with Gasteiger partial charge in [0.15, 0.2) is 0 Å². The Morgan fingerprint density at radius 1 is 1.23 bits per heavy atom. The van der Waals surface area contributed by atoms with Crippen molar-refractivity contribution in [1.82, 2.24) is 4.57 Å². The molecule has 2 heterocycles. The molecule has 11 nitrogen and oxygen atoms in total. The van der Waals surface area contributed by atoms with Gasteiger partial charge in [-0.25, -0.2) is 4.79 Å². The summed E-state index contributed by atoms with van der Waals surface area (Å²) >= 11 is 0. The number of hydrogen-bond acceptors (Lipinski definition) is 8. The van der Waals surface area contributed by atoms with E-state index in [-0.39, 0.29) is 5.56 Å². The number of esters is 1. The normalized spacial score (nSPS) is 13.6. The van der Waals surface area contributed by atoms with E-state index in [0.717, 1.165) is 42.7 Å². The molecule has 0 bridgehead atoms. The van der Waals surface area contributed by atoms with Gasteiger partial charge in [0.1, 0.15) is 6.54 Å². The van der Waals surface area contributed by atoms with Gasteiger partial charge in [-0.1, -0.05) is 0 Å². The minimum atomic E-state index is -0.995. The minimum absolute atomic E-state index is 0.202. The van der Waals surface area contributed by atoms with Gasteiger partial charge in [-0.2, -0.15) is 0 Å². The molecule has 30 heavy (non-hydrogen) atoms. The zero-order valence-corrected chi connectivity index (χ0v) is 16.2. The summed E-state index contributed by atoms with van der Waals surface area (Å²) in [6, 6.07) is 7.98. The Morgan fingerprint density at radius 3 is 2.50 bits per heavy atom. The Bertz CT molecular complexity index is 1010. The van der Waals surface area contributed by atoms with E-state index in [1.54, 1.807) is 12.1 Å². The highest BCUT2D eigenvalue weighted by Gasteiger charge is 2.21. The van der Waals surface area contributed by atoms with Crippen LogP contribution in [0.5, 0.6) is 0 Å². The zero-order valence-electron chi connectivity index (χ0n) is 16.2. The van der Waals surface area contributed by atoms with Crippen molar-refractivity contribution < 1.29 is 24.0 Å². The number of pyridine rings is 1. The molecule has 0 saturated carbocycles. The SMILES string of the molecule is COC(=O)c1cc([N+](=O)[O-])c(=O)n(CC(=O)Nc2ccc(N3CCOCC3)cc2)c1. The van der Waals surface area contributed by atoms with Crippen LogP contribution in [0.25, 0.3) is 0 Å². The van der Waals surface area contributed by atoms with Gasteiger partial charge in [0, 0.05) is 36.7 Å². The highest BCUT2D eigenvalue weighted by molar-refractivity contribution is 5.92. The number of nitrogens with one attached hydrogen (secondary N) is 1. The Hall–Kier alpha value is -3.73. The lowest BCUT2D eigenvalue weighted by molar-refractivity contribution is -0.386. The predicted octanol–water partition coefficient (Wildman–Crippen LogP) is 1.02. The van der Waals surface area contributed by atoms with Crippen LogP contribution in [0.4, 0.5) is 17.1 Å². The summed E-state index contributed by atoms with van der Waals surface area (Å²) in [7, 11) is 1.11. The summed E-state index contributed by atoms with van der Waals surface area (Å²) in [5.74, 6) is -1.43. The van der Waals surface area contributed by atoms with Crippen molar-refractivity contribution in [2.24, 2.45) is 0 Å². The second-order valence-electron chi connectivity index (χ2n) is 6.49. The third kappa shape index (κ3) is 4.81. The van der Waals surface area contributed by atoms with Crippen molar-refractivity contribution in [3.63, 3.8) is 0 Å². The van der Waals surface area contributed by atoms with Crippen LogP contribution >= 0.6 is 0 Å². The molecular formula is C19H20N4O7. The van der Waals surface area contributed by atoms with E-state index in [4.69, 9.17) is 4.74 Å². The molecule has 1 fully saturated rings. The smallest absolute Gasteiger partial charge is 0.339 e. The molecule has 1 saturated heterocycles. The first kappa shape index (κ1) is 21.0. The second-order valence-corrected chi connectivity index (χ2v) is 6.49. The number of nitrogens with zero attached hydrogens (tertiary/aromatic N) is 3.